The van der Waals surface area contributed by atoms with Crippen LogP contribution in [-0.2, 0) is 0 Å². The van der Waals surface area contributed by atoms with Crippen LogP contribution in [0.25, 0.3) is 10.9 Å². The minimum atomic E-state index is 0.465. The van der Waals surface area contributed by atoms with Crippen LogP contribution in [0.5, 0.6) is 5.88 Å². The minimum absolute atomic E-state index is 0.465. The summed E-state index contributed by atoms with van der Waals surface area (Å²) in [5.41, 5.74) is 1.39. The number of hydrogen-bond donors (Lipinski definition) is 1. The van der Waals surface area contributed by atoms with Crippen LogP contribution in [0.2, 0.25) is 0 Å². The molecule has 64 valence electrons. The third-order valence-corrected chi connectivity index (χ3v) is 1.87. The predicted molar refractivity (Wildman–Crippen MR) is 47.4 cm³/mol. The van der Waals surface area contributed by atoms with Gasteiger partial charge in [0.05, 0.1) is 23.6 Å². The zero-order valence-corrected chi connectivity index (χ0v) is 7.03. The fraction of sp³-hybridized carbons (Fsp3) is 0.111. The Morgan fingerprint density at radius 1 is 1.54 bits per heavy atom. The van der Waals surface area contributed by atoms with E-state index in [0.29, 0.717) is 11.4 Å². The molecule has 0 saturated carbocycles. The van der Waals surface area contributed by atoms with Gasteiger partial charge in [-0.1, -0.05) is 6.07 Å². The first-order valence-electron chi connectivity index (χ1n) is 3.78. The summed E-state index contributed by atoms with van der Waals surface area (Å²) in [7, 11) is 1.53. The van der Waals surface area contributed by atoms with Crippen LogP contribution in [-0.4, -0.2) is 17.3 Å². The van der Waals surface area contributed by atoms with E-state index in [1.807, 2.05) is 6.07 Å². The molecule has 4 heteroatoms. The molecule has 1 aromatic heterocycles. The fourth-order valence-electron chi connectivity index (χ4n) is 1.28. The molecule has 0 atom stereocenters. The molecule has 2 aromatic rings. The first-order valence-corrected chi connectivity index (χ1v) is 3.78. The number of nitriles is 1. The van der Waals surface area contributed by atoms with Gasteiger partial charge in [-0.15, -0.1) is 5.10 Å². The van der Waals surface area contributed by atoms with Gasteiger partial charge in [0, 0.05) is 0 Å². The predicted octanol–water partition coefficient (Wildman–Crippen LogP) is 1.44. The Labute approximate surface area is 74.7 Å². The second-order valence-electron chi connectivity index (χ2n) is 2.57. The van der Waals surface area contributed by atoms with Crippen molar-refractivity contribution in [1.82, 2.24) is 10.2 Å². The Bertz CT molecular complexity index is 481. The number of ether oxygens (including phenoxy) is 1. The smallest absolute Gasteiger partial charge is 0.241 e. The summed E-state index contributed by atoms with van der Waals surface area (Å²) < 4.78 is 5.02. The van der Waals surface area contributed by atoms with Gasteiger partial charge in [0.2, 0.25) is 5.88 Å². The maximum atomic E-state index is 8.83. The van der Waals surface area contributed by atoms with Crippen molar-refractivity contribution in [1.29, 1.82) is 5.26 Å². The van der Waals surface area contributed by atoms with Gasteiger partial charge in [-0.3, -0.25) is 5.10 Å². The SMILES string of the molecule is COc1n[nH]c2cccc(C#N)c12. The Morgan fingerprint density at radius 3 is 3.08 bits per heavy atom. The highest BCUT2D eigenvalue weighted by Gasteiger charge is 2.09. The van der Waals surface area contributed by atoms with Crippen molar-refractivity contribution in [3.8, 4) is 11.9 Å². The van der Waals surface area contributed by atoms with Crippen LogP contribution in [0, 0.1) is 11.3 Å². The fourth-order valence-corrected chi connectivity index (χ4v) is 1.28. The van der Waals surface area contributed by atoms with Crippen molar-refractivity contribution in [2.45, 2.75) is 0 Å². The molecule has 0 aliphatic heterocycles. The normalized spacial score (nSPS) is 9.85. The number of methoxy groups -OCH3 is 1. The van der Waals surface area contributed by atoms with E-state index in [0.717, 1.165) is 10.9 Å². The van der Waals surface area contributed by atoms with Crippen LogP contribution < -0.4 is 4.74 Å². The van der Waals surface area contributed by atoms with Gasteiger partial charge in [0.15, 0.2) is 0 Å². The zero-order valence-electron chi connectivity index (χ0n) is 7.03. The lowest BCUT2D eigenvalue weighted by molar-refractivity contribution is 0.401. The average molecular weight is 173 g/mol. The van der Waals surface area contributed by atoms with E-state index in [9.17, 15) is 0 Å². The van der Waals surface area contributed by atoms with Gasteiger partial charge in [0.1, 0.15) is 6.07 Å². The number of nitrogens with one attached hydrogen (secondary N) is 1. The number of aromatic nitrogens is 2. The topological polar surface area (TPSA) is 61.7 Å². The molecule has 1 aromatic carbocycles. The third kappa shape index (κ3) is 1.02. The maximum absolute atomic E-state index is 8.83. The maximum Gasteiger partial charge on any atom is 0.241 e. The van der Waals surface area contributed by atoms with Gasteiger partial charge >= 0.3 is 0 Å². The Kier molecular flexibility index (Phi) is 1.64. The molecule has 0 radical (unpaired) electrons. The quantitative estimate of drug-likeness (QED) is 0.709. The lowest BCUT2D eigenvalue weighted by Crippen LogP contribution is -1.84. The van der Waals surface area contributed by atoms with Gasteiger partial charge in [-0.25, -0.2) is 0 Å². The van der Waals surface area contributed by atoms with Crippen molar-refractivity contribution in [3.63, 3.8) is 0 Å². The second-order valence-corrected chi connectivity index (χ2v) is 2.57. The molecule has 0 aliphatic carbocycles. The van der Waals surface area contributed by atoms with Gasteiger partial charge in [-0.05, 0) is 12.1 Å². The van der Waals surface area contributed by atoms with E-state index >= 15 is 0 Å². The van der Waals surface area contributed by atoms with Crippen LogP contribution in [0.1, 0.15) is 5.56 Å². The molecule has 13 heavy (non-hydrogen) atoms. The molecule has 0 saturated heterocycles. The summed E-state index contributed by atoms with van der Waals surface area (Å²) in [5, 5.41) is 16.3. The third-order valence-electron chi connectivity index (χ3n) is 1.87. The van der Waals surface area contributed by atoms with E-state index in [1.165, 1.54) is 7.11 Å². The number of nitrogens with zero attached hydrogens (tertiary/aromatic N) is 2. The lowest BCUT2D eigenvalue weighted by atomic mass is 10.1. The summed E-state index contributed by atoms with van der Waals surface area (Å²) in [6.07, 6.45) is 0. The molecule has 0 unspecified atom stereocenters. The zero-order chi connectivity index (χ0) is 9.26. The highest BCUT2D eigenvalue weighted by Crippen LogP contribution is 2.25. The Hall–Kier alpha value is -2.02. The van der Waals surface area contributed by atoms with Crippen molar-refractivity contribution >= 4 is 10.9 Å². The van der Waals surface area contributed by atoms with Crippen LogP contribution in [0.15, 0.2) is 18.2 Å². The molecular weight excluding hydrogens is 166 g/mol. The molecule has 0 aliphatic rings. The molecule has 1 N–H and O–H groups in total. The average Bonchev–Trinajstić information content (AvgIpc) is 2.60. The molecule has 4 nitrogen and oxygen atoms in total. The standard InChI is InChI=1S/C9H7N3O/c1-13-9-8-6(5-10)3-2-4-7(8)11-12-9/h2-4H,1H3,(H,11,12). The molecule has 2 rings (SSSR count). The summed E-state index contributed by atoms with van der Waals surface area (Å²) in [6, 6.07) is 7.48. The van der Waals surface area contributed by atoms with Crippen molar-refractivity contribution in [2.24, 2.45) is 0 Å². The van der Waals surface area contributed by atoms with Crippen LogP contribution >= 0.6 is 0 Å². The summed E-state index contributed by atoms with van der Waals surface area (Å²) in [6.45, 7) is 0. The van der Waals surface area contributed by atoms with Crippen molar-refractivity contribution in [3.05, 3.63) is 23.8 Å². The number of benzene rings is 1. The number of aromatic amines is 1. The molecule has 1 heterocycles. The largest absolute Gasteiger partial charge is 0.479 e. The van der Waals surface area contributed by atoms with E-state index in [2.05, 4.69) is 16.3 Å². The van der Waals surface area contributed by atoms with Gasteiger partial charge in [-0.2, -0.15) is 5.26 Å². The molecule has 0 fully saturated rings. The molecule has 0 bridgehead atoms. The summed E-state index contributed by atoms with van der Waals surface area (Å²) in [5.74, 6) is 0.465. The summed E-state index contributed by atoms with van der Waals surface area (Å²) in [4.78, 5) is 0. The number of hydrogen-bond acceptors (Lipinski definition) is 3. The first kappa shape index (κ1) is 7.62. The van der Waals surface area contributed by atoms with E-state index in [4.69, 9.17) is 10.00 Å². The molecule has 0 spiro atoms. The summed E-state index contributed by atoms with van der Waals surface area (Å²) >= 11 is 0. The van der Waals surface area contributed by atoms with E-state index in [1.54, 1.807) is 12.1 Å². The number of fused-ring (bicyclic) bond motifs is 1. The number of rotatable bonds is 1. The van der Waals surface area contributed by atoms with E-state index < -0.39 is 0 Å². The Balaban J connectivity index is 2.85. The minimum Gasteiger partial charge on any atom is -0.479 e. The second kappa shape index (κ2) is 2.79. The van der Waals surface area contributed by atoms with Crippen LogP contribution in [0.3, 0.4) is 0 Å². The monoisotopic (exact) mass is 173 g/mol. The van der Waals surface area contributed by atoms with Gasteiger partial charge in [0.25, 0.3) is 0 Å². The van der Waals surface area contributed by atoms with Crippen molar-refractivity contribution < 1.29 is 4.74 Å². The Morgan fingerprint density at radius 2 is 2.38 bits per heavy atom. The van der Waals surface area contributed by atoms with E-state index in [-0.39, 0.29) is 0 Å². The highest BCUT2D eigenvalue weighted by molar-refractivity contribution is 5.89. The lowest BCUT2D eigenvalue weighted by Gasteiger charge is -1.94. The first-order chi connectivity index (χ1) is 6.36. The van der Waals surface area contributed by atoms with Crippen LogP contribution in [0.4, 0.5) is 0 Å². The molecular formula is C9H7N3O. The number of H-pyrrole nitrogens is 1. The molecule has 0 amide bonds. The van der Waals surface area contributed by atoms with Gasteiger partial charge < -0.3 is 4.74 Å². The van der Waals surface area contributed by atoms with Crippen molar-refractivity contribution in [2.75, 3.05) is 7.11 Å². The highest BCUT2D eigenvalue weighted by atomic mass is 16.5.